The van der Waals surface area contributed by atoms with Gasteiger partial charge in [0.1, 0.15) is 19.3 Å². The number of hydrogen-bond donors (Lipinski definition) is 3. The first-order valence-corrected chi connectivity index (χ1v) is 44.4. The van der Waals surface area contributed by atoms with Crippen LogP contribution in [0.4, 0.5) is 0 Å². The number of carbonyl (C=O) groups is 4. The lowest BCUT2D eigenvalue weighted by Crippen LogP contribution is -2.30. The molecule has 0 fully saturated rings. The molecule has 5 atom stereocenters. The Kier molecular flexibility index (Phi) is 75.4. The van der Waals surface area contributed by atoms with Crippen molar-refractivity contribution in [3.63, 3.8) is 0 Å². The maximum absolute atomic E-state index is 13.1. The molecule has 0 amide bonds. The van der Waals surface area contributed by atoms with Crippen LogP contribution in [0.5, 0.6) is 0 Å². The summed E-state index contributed by atoms with van der Waals surface area (Å²) in [7, 11) is -10.0. The number of aliphatic hydroxyl groups is 1. The molecule has 0 aromatic heterocycles. The van der Waals surface area contributed by atoms with E-state index < -0.39 is 97.5 Å². The minimum atomic E-state index is -5.00. The van der Waals surface area contributed by atoms with Crippen molar-refractivity contribution >= 4 is 39.5 Å². The summed E-state index contributed by atoms with van der Waals surface area (Å²) >= 11 is 0. The van der Waals surface area contributed by atoms with Gasteiger partial charge in [0.25, 0.3) is 0 Å². The quantitative estimate of drug-likeness (QED) is 0.0169. The zero-order chi connectivity index (χ0) is 78.9. The van der Waals surface area contributed by atoms with E-state index in [9.17, 15) is 43.2 Å². The maximum atomic E-state index is 13.1. The molecule has 5 unspecified atom stereocenters. The van der Waals surface area contributed by atoms with Gasteiger partial charge >= 0.3 is 39.5 Å². The molecule has 19 heteroatoms. The normalized spacial score (nSPS) is 14.7. The standard InChI is InChI=1S/C89H146O17P2/c1-5-9-13-17-21-25-29-33-36-39-41-44-47-51-54-58-62-66-70-74-87(92)100-80-85(106-89(94)76-72-68-64-60-56-52-48-45-42-40-37-34-30-26-22-18-14-10-6-2)82-104-108(97,98)102-78-83(90)77-101-107(95,96)103-81-84(105-88(93)75-71-67-63-59-55-49-32-28-24-20-16-12-8-4)79-99-86(91)73-69-65-61-57-53-50-46-43-38-35-31-27-23-19-15-11-7-3/h9,11,13,15-16,20-23,25-28,32-38,41-42,44-46,50,57,61,83-85,90H,5-8,10,12,14,17-19,24,29-31,39-40,43,47-49,51-56,58-60,62-82H2,1-4H3,(H,95,96)(H,97,98)/b13-9-,15-11-,20-16-,25-21-,26-22-,27-23-,32-28-,36-33-,37-34-,38-35-,44-41-,45-42-,50-46-,61-57-. The van der Waals surface area contributed by atoms with Crippen LogP contribution in [0.3, 0.4) is 0 Å². The first-order chi connectivity index (χ1) is 52.7. The SMILES string of the molecule is CC/C=C\C/C=C\C/C=C\C/C=C\C/C=C\CCCC(=O)OCC(COP(=O)(O)OCC(O)COP(=O)(O)OCC(COC(=O)CCCCCCCC/C=C\C/C=C\C/C=C\C/C=C\CC)OC(=O)CCCCCCCC/C=C\C/C=C\C/C=C\CCCCC)OC(=O)CCCCCCC/C=C\C/C=C\CCC. The summed E-state index contributed by atoms with van der Waals surface area (Å²) in [5, 5.41) is 10.7. The number of carbonyl (C=O) groups excluding carboxylic acids is 4. The average molecular weight is 1550 g/mol. The van der Waals surface area contributed by atoms with E-state index in [1.165, 1.54) is 19.3 Å². The van der Waals surface area contributed by atoms with Crippen LogP contribution < -0.4 is 0 Å². The second-order valence-corrected chi connectivity index (χ2v) is 29.8. The Morgan fingerprint density at radius 1 is 0.269 bits per heavy atom. The smallest absolute Gasteiger partial charge is 0.462 e. The third-order valence-electron chi connectivity index (χ3n) is 16.6. The second kappa shape index (κ2) is 79.5. The van der Waals surface area contributed by atoms with E-state index in [1.807, 2.05) is 12.2 Å². The van der Waals surface area contributed by atoms with Gasteiger partial charge in [0.05, 0.1) is 26.4 Å². The molecule has 0 aliphatic heterocycles. The lowest BCUT2D eigenvalue weighted by atomic mass is 10.1. The van der Waals surface area contributed by atoms with E-state index in [0.29, 0.717) is 32.1 Å². The predicted octanol–water partition coefficient (Wildman–Crippen LogP) is 24.6. The summed E-state index contributed by atoms with van der Waals surface area (Å²) < 4.78 is 68.6. The van der Waals surface area contributed by atoms with Gasteiger partial charge in [-0.05, 0) is 167 Å². The van der Waals surface area contributed by atoms with Crippen LogP contribution in [0.2, 0.25) is 0 Å². The summed E-state index contributed by atoms with van der Waals surface area (Å²) in [4.78, 5) is 73.1. The van der Waals surface area contributed by atoms with Crippen LogP contribution in [-0.4, -0.2) is 96.7 Å². The van der Waals surface area contributed by atoms with E-state index in [1.54, 1.807) is 0 Å². The highest BCUT2D eigenvalue weighted by atomic mass is 31.2. The van der Waals surface area contributed by atoms with Crippen molar-refractivity contribution in [2.75, 3.05) is 39.6 Å². The van der Waals surface area contributed by atoms with Crippen molar-refractivity contribution in [3.05, 3.63) is 170 Å². The number of phosphoric ester groups is 2. The van der Waals surface area contributed by atoms with Crippen molar-refractivity contribution in [3.8, 4) is 0 Å². The number of aliphatic hydroxyl groups excluding tert-OH is 1. The van der Waals surface area contributed by atoms with Crippen molar-refractivity contribution in [1.29, 1.82) is 0 Å². The minimum absolute atomic E-state index is 0.0606. The molecule has 0 saturated carbocycles. The predicted molar refractivity (Wildman–Crippen MR) is 445 cm³/mol. The number of esters is 4. The van der Waals surface area contributed by atoms with Gasteiger partial charge in [-0.3, -0.25) is 37.3 Å². The Morgan fingerprint density at radius 3 is 0.815 bits per heavy atom. The summed E-state index contributed by atoms with van der Waals surface area (Å²) in [5.74, 6) is -2.30. The molecule has 0 bridgehead atoms. The van der Waals surface area contributed by atoms with Gasteiger partial charge in [0, 0.05) is 25.7 Å². The van der Waals surface area contributed by atoms with Crippen LogP contribution in [0.15, 0.2) is 170 Å². The largest absolute Gasteiger partial charge is 0.472 e. The minimum Gasteiger partial charge on any atom is -0.462 e. The van der Waals surface area contributed by atoms with Crippen LogP contribution >= 0.6 is 15.6 Å². The molecule has 0 spiro atoms. The van der Waals surface area contributed by atoms with Gasteiger partial charge in [0.15, 0.2) is 12.2 Å². The van der Waals surface area contributed by atoms with Crippen molar-refractivity contribution in [2.24, 2.45) is 0 Å². The summed E-state index contributed by atoms with van der Waals surface area (Å²) in [6, 6.07) is 0. The molecule has 0 rings (SSSR count). The molecule has 108 heavy (non-hydrogen) atoms. The highest BCUT2D eigenvalue weighted by Crippen LogP contribution is 2.45. The summed E-state index contributed by atoms with van der Waals surface area (Å²) in [6.45, 7) is 4.45. The molecular weight excluding hydrogens is 1400 g/mol. The third kappa shape index (κ3) is 78.5. The molecular formula is C89H146O17P2. The number of ether oxygens (including phenoxy) is 4. The van der Waals surface area contributed by atoms with Gasteiger partial charge in [0.2, 0.25) is 0 Å². The molecule has 3 N–H and O–H groups in total. The highest BCUT2D eigenvalue weighted by molar-refractivity contribution is 7.47. The topological polar surface area (TPSA) is 237 Å². The lowest BCUT2D eigenvalue weighted by molar-refractivity contribution is -0.161. The fourth-order valence-electron chi connectivity index (χ4n) is 10.4. The molecule has 0 aliphatic carbocycles. The van der Waals surface area contributed by atoms with E-state index in [4.69, 9.17) is 37.0 Å². The fraction of sp³-hybridized carbons (Fsp3) is 0.640. The van der Waals surface area contributed by atoms with E-state index in [-0.39, 0.29) is 25.7 Å². The van der Waals surface area contributed by atoms with Gasteiger partial charge < -0.3 is 33.8 Å². The Balaban J connectivity index is 5.45. The Labute approximate surface area is 654 Å². The van der Waals surface area contributed by atoms with Crippen LogP contribution in [0.1, 0.15) is 310 Å². The van der Waals surface area contributed by atoms with Crippen molar-refractivity contribution < 1.29 is 80.2 Å². The first-order valence-electron chi connectivity index (χ1n) is 41.4. The van der Waals surface area contributed by atoms with E-state index >= 15 is 0 Å². The number of hydrogen-bond acceptors (Lipinski definition) is 15. The average Bonchev–Trinajstić information content (AvgIpc) is 0.887. The van der Waals surface area contributed by atoms with Crippen LogP contribution in [-0.2, 0) is 65.4 Å². The van der Waals surface area contributed by atoms with E-state index in [2.05, 4.69) is 186 Å². The van der Waals surface area contributed by atoms with Crippen LogP contribution in [0, 0.1) is 0 Å². The molecule has 17 nitrogen and oxygen atoms in total. The van der Waals surface area contributed by atoms with Crippen LogP contribution in [0.25, 0.3) is 0 Å². The summed E-state index contributed by atoms with van der Waals surface area (Å²) in [5.41, 5.74) is 0. The van der Waals surface area contributed by atoms with E-state index in [0.717, 1.165) is 205 Å². The van der Waals surface area contributed by atoms with Gasteiger partial charge in [-0.15, -0.1) is 0 Å². The number of phosphoric acid groups is 2. The Bertz CT molecular complexity index is 2710. The first kappa shape index (κ1) is 102. The van der Waals surface area contributed by atoms with Gasteiger partial charge in [-0.1, -0.05) is 288 Å². The van der Waals surface area contributed by atoms with Crippen molar-refractivity contribution in [2.45, 2.75) is 329 Å². The highest BCUT2D eigenvalue weighted by Gasteiger charge is 2.30. The van der Waals surface area contributed by atoms with Crippen molar-refractivity contribution in [1.82, 2.24) is 0 Å². The van der Waals surface area contributed by atoms with Gasteiger partial charge in [-0.2, -0.15) is 0 Å². The zero-order valence-corrected chi connectivity index (χ0v) is 69.0. The molecule has 0 saturated heterocycles. The fourth-order valence-corrected chi connectivity index (χ4v) is 12.0. The molecule has 0 aromatic rings. The molecule has 0 radical (unpaired) electrons. The third-order valence-corrected chi connectivity index (χ3v) is 18.5. The molecule has 0 aliphatic rings. The zero-order valence-electron chi connectivity index (χ0n) is 67.2. The molecule has 0 heterocycles. The molecule has 0 aromatic carbocycles. The molecule has 614 valence electrons. The number of allylic oxidation sites excluding steroid dienone is 28. The lowest BCUT2D eigenvalue weighted by Gasteiger charge is -2.21. The van der Waals surface area contributed by atoms with Gasteiger partial charge in [-0.25, -0.2) is 9.13 Å². The summed E-state index contributed by atoms with van der Waals surface area (Å²) in [6.07, 6.45) is 94.7. The monoisotopic (exact) mass is 1550 g/mol. The second-order valence-electron chi connectivity index (χ2n) is 26.9. The maximum Gasteiger partial charge on any atom is 0.472 e. The Hall–Kier alpha value is -5.58. The number of unbranched alkanes of at least 4 members (excludes halogenated alkanes) is 22. The number of rotatable bonds is 76. The Morgan fingerprint density at radius 2 is 0.509 bits per heavy atom.